The molecule has 0 spiro atoms. The Labute approximate surface area is 128 Å². The summed E-state index contributed by atoms with van der Waals surface area (Å²) in [5.74, 6) is 0.0274. The number of carbonyl (C=O) groups excluding carboxylic acids is 1. The van der Waals surface area contributed by atoms with Crippen LogP contribution in [0.4, 0.5) is 0 Å². The summed E-state index contributed by atoms with van der Waals surface area (Å²) in [7, 11) is 1.47. The van der Waals surface area contributed by atoms with Crippen LogP contribution >= 0.6 is 0 Å². The van der Waals surface area contributed by atoms with E-state index >= 15 is 0 Å². The topological polar surface area (TPSA) is 65.6 Å². The van der Waals surface area contributed by atoms with Gasteiger partial charge in [-0.3, -0.25) is 9.69 Å². The van der Waals surface area contributed by atoms with Crippen molar-refractivity contribution in [1.82, 2.24) is 9.88 Å². The predicted octanol–water partition coefficient (Wildman–Crippen LogP) is 2.36. The Morgan fingerprint density at radius 3 is 3.09 bits per heavy atom. The molecule has 5 nitrogen and oxygen atoms in total. The number of ether oxygens (including phenoxy) is 1. The third-order valence-corrected chi connectivity index (χ3v) is 5.11. The minimum atomic E-state index is -0.121. The quantitative estimate of drug-likeness (QED) is 0.794. The molecule has 0 unspecified atom stereocenters. The maximum Gasteiger partial charge on any atom is 0.310 e. The molecule has 5 heteroatoms. The van der Waals surface area contributed by atoms with Crippen molar-refractivity contribution >= 4 is 16.9 Å². The molecular weight excluding hydrogens is 280 g/mol. The van der Waals surface area contributed by atoms with Crippen LogP contribution in [0.15, 0.2) is 18.2 Å². The van der Waals surface area contributed by atoms with Crippen molar-refractivity contribution in [2.75, 3.05) is 20.2 Å². The molecule has 0 bridgehead atoms. The summed E-state index contributed by atoms with van der Waals surface area (Å²) in [6, 6.07) is 5.51. The number of esters is 1. The molecular formula is C17H20N2O3. The number of aromatic amines is 1. The average Bonchev–Trinajstić information content (AvgIpc) is 2.91. The van der Waals surface area contributed by atoms with E-state index in [2.05, 4.69) is 9.88 Å². The Morgan fingerprint density at radius 2 is 2.27 bits per heavy atom. The van der Waals surface area contributed by atoms with Crippen molar-refractivity contribution in [3.63, 3.8) is 0 Å². The lowest BCUT2D eigenvalue weighted by Gasteiger charge is -2.42. The van der Waals surface area contributed by atoms with Crippen molar-refractivity contribution in [3.8, 4) is 5.75 Å². The Bertz CT molecular complexity index is 737. The van der Waals surface area contributed by atoms with Crippen molar-refractivity contribution < 1.29 is 14.6 Å². The number of methoxy groups -OCH3 is 1. The monoisotopic (exact) mass is 300 g/mol. The van der Waals surface area contributed by atoms with Crippen LogP contribution in [0, 0.1) is 5.92 Å². The van der Waals surface area contributed by atoms with E-state index in [-0.39, 0.29) is 23.7 Å². The molecule has 0 aliphatic carbocycles. The molecule has 0 radical (unpaired) electrons. The molecule has 4 rings (SSSR count). The molecule has 1 aromatic carbocycles. The summed E-state index contributed by atoms with van der Waals surface area (Å²) >= 11 is 0. The highest BCUT2D eigenvalue weighted by molar-refractivity contribution is 5.87. The molecule has 2 aliphatic rings. The van der Waals surface area contributed by atoms with Gasteiger partial charge in [0.15, 0.2) is 0 Å². The zero-order valence-corrected chi connectivity index (χ0v) is 12.6. The van der Waals surface area contributed by atoms with E-state index in [1.807, 2.05) is 6.07 Å². The number of aromatic hydroxyl groups is 1. The van der Waals surface area contributed by atoms with Gasteiger partial charge in [-0.2, -0.15) is 0 Å². The maximum absolute atomic E-state index is 12.2. The van der Waals surface area contributed by atoms with Crippen LogP contribution in [0.1, 0.15) is 30.1 Å². The van der Waals surface area contributed by atoms with Gasteiger partial charge in [0, 0.05) is 29.2 Å². The molecule has 22 heavy (non-hydrogen) atoms. The highest BCUT2D eigenvalue weighted by Crippen LogP contribution is 2.43. The maximum atomic E-state index is 12.2. The summed E-state index contributed by atoms with van der Waals surface area (Å²) in [6.07, 6.45) is 2.88. The summed E-state index contributed by atoms with van der Waals surface area (Å²) < 4.78 is 5.03. The first-order valence-electron chi connectivity index (χ1n) is 7.84. The van der Waals surface area contributed by atoms with E-state index < -0.39 is 0 Å². The Morgan fingerprint density at radius 1 is 1.41 bits per heavy atom. The van der Waals surface area contributed by atoms with E-state index in [4.69, 9.17) is 4.74 Å². The van der Waals surface area contributed by atoms with Crippen molar-refractivity contribution in [1.29, 1.82) is 0 Å². The van der Waals surface area contributed by atoms with Gasteiger partial charge in [0.2, 0.25) is 0 Å². The molecule has 1 aromatic heterocycles. The number of hydrogen-bond acceptors (Lipinski definition) is 4. The number of H-pyrrole nitrogens is 1. The minimum absolute atomic E-state index is 0.0690. The van der Waals surface area contributed by atoms with E-state index in [9.17, 15) is 9.90 Å². The van der Waals surface area contributed by atoms with E-state index in [1.165, 1.54) is 12.7 Å². The molecule has 1 saturated heterocycles. The molecule has 0 saturated carbocycles. The second kappa shape index (κ2) is 5.02. The number of hydrogen-bond donors (Lipinski definition) is 2. The van der Waals surface area contributed by atoms with Gasteiger partial charge in [-0.15, -0.1) is 0 Å². The molecule has 2 aromatic rings. The van der Waals surface area contributed by atoms with Gasteiger partial charge < -0.3 is 14.8 Å². The zero-order chi connectivity index (χ0) is 15.3. The molecule has 0 amide bonds. The van der Waals surface area contributed by atoms with Crippen molar-refractivity contribution in [2.45, 2.75) is 25.3 Å². The minimum Gasteiger partial charge on any atom is -0.508 e. The van der Waals surface area contributed by atoms with Gasteiger partial charge in [0.1, 0.15) is 5.75 Å². The Kier molecular flexibility index (Phi) is 3.11. The van der Waals surface area contributed by atoms with Crippen LogP contribution in [-0.4, -0.2) is 41.2 Å². The third-order valence-electron chi connectivity index (χ3n) is 5.11. The largest absolute Gasteiger partial charge is 0.508 e. The second-order valence-corrected chi connectivity index (χ2v) is 6.25. The van der Waals surface area contributed by atoms with Gasteiger partial charge in [0.05, 0.1) is 19.1 Å². The summed E-state index contributed by atoms with van der Waals surface area (Å²) in [5, 5.41) is 10.9. The average molecular weight is 300 g/mol. The zero-order valence-electron chi connectivity index (χ0n) is 12.6. The van der Waals surface area contributed by atoms with Crippen LogP contribution in [-0.2, 0) is 16.0 Å². The molecule has 2 N–H and O–H groups in total. The number of phenols is 1. The fourth-order valence-corrected chi connectivity index (χ4v) is 4.14. The fraction of sp³-hybridized carbons (Fsp3) is 0.471. The molecule has 3 heterocycles. The fourth-order valence-electron chi connectivity index (χ4n) is 4.14. The lowest BCUT2D eigenvalue weighted by atomic mass is 9.82. The van der Waals surface area contributed by atoms with Crippen LogP contribution in [0.3, 0.4) is 0 Å². The second-order valence-electron chi connectivity index (χ2n) is 6.25. The highest BCUT2D eigenvalue weighted by Gasteiger charge is 2.42. The smallest absolute Gasteiger partial charge is 0.310 e. The highest BCUT2D eigenvalue weighted by atomic mass is 16.5. The summed E-state index contributed by atoms with van der Waals surface area (Å²) in [6.45, 7) is 2.00. The van der Waals surface area contributed by atoms with Crippen molar-refractivity contribution in [3.05, 3.63) is 29.5 Å². The van der Waals surface area contributed by atoms with Crippen LogP contribution in [0.2, 0.25) is 0 Å². The standard InChI is InChI=1S/C17H20N2O3/c1-22-17(21)13-3-2-7-19-8-6-12-11-5-4-10(20)9-14(11)18-15(12)16(13)19/h4-5,9,13,16,18,20H,2-3,6-8H2,1H3/t13-,16+/m0/s1. The Hall–Kier alpha value is -2.01. The third kappa shape index (κ3) is 1.92. The summed E-state index contributed by atoms with van der Waals surface area (Å²) in [5.41, 5.74) is 3.36. The molecule has 2 aliphatic heterocycles. The lowest BCUT2D eigenvalue weighted by Crippen LogP contribution is -2.45. The lowest BCUT2D eigenvalue weighted by molar-refractivity contribution is -0.150. The van der Waals surface area contributed by atoms with Gasteiger partial charge in [0.25, 0.3) is 0 Å². The number of carbonyl (C=O) groups is 1. The summed E-state index contributed by atoms with van der Waals surface area (Å²) in [4.78, 5) is 18.0. The van der Waals surface area contributed by atoms with Gasteiger partial charge >= 0.3 is 5.97 Å². The number of nitrogens with one attached hydrogen (secondary N) is 1. The van der Waals surface area contributed by atoms with E-state index in [1.54, 1.807) is 12.1 Å². The van der Waals surface area contributed by atoms with E-state index in [0.717, 1.165) is 48.9 Å². The van der Waals surface area contributed by atoms with Crippen molar-refractivity contribution in [2.24, 2.45) is 5.92 Å². The first-order chi connectivity index (χ1) is 10.7. The van der Waals surface area contributed by atoms with Gasteiger partial charge in [-0.25, -0.2) is 0 Å². The number of rotatable bonds is 1. The number of benzene rings is 1. The molecule has 2 atom stereocenters. The van der Waals surface area contributed by atoms with Gasteiger partial charge in [-0.1, -0.05) is 0 Å². The van der Waals surface area contributed by atoms with E-state index in [0.29, 0.717) is 0 Å². The van der Waals surface area contributed by atoms with Crippen LogP contribution < -0.4 is 0 Å². The first-order valence-corrected chi connectivity index (χ1v) is 7.84. The molecule has 1 fully saturated rings. The predicted molar refractivity (Wildman–Crippen MR) is 82.7 cm³/mol. The van der Waals surface area contributed by atoms with Gasteiger partial charge in [-0.05, 0) is 43.5 Å². The first kappa shape index (κ1) is 13.6. The number of phenolic OH excluding ortho intramolecular Hbond substituents is 1. The Balaban J connectivity index is 1.85. The normalized spacial score (nSPS) is 24.8. The SMILES string of the molecule is COC(=O)[C@H]1CCCN2CCc3c([nH]c4cc(O)ccc34)[C@@H]12. The number of aromatic nitrogens is 1. The molecule has 116 valence electrons. The number of piperidine rings is 1. The van der Waals surface area contributed by atoms with Crippen LogP contribution in [0.25, 0.3) is 10.9 Å². The van der Waals surface area contributed by atoms with Crippen LogP contribution in [0.5, 0.6) is 5.75 Å². The number of nitrogens with zero attached hydrogens (tertiary/aromatic N) is 1. The number of fused-ring (bicyclic) bond motifs is 5.